The van der Waals surface area contributed by atoms with Gasteiger partial charge in [-0.25, -0.2) is 4.39 Å². The summed E-state index contributed by atoms with van der Waals surface area (Å²) in [7, 11) is 0. The summed E-state index contributed by atoms with van der Waals surface area (Å²) >= 11 is 16.1. The molecular weight excluding hydrogens is 526 g/mol. The van der Waals surface area contributed by atoms with Crippen molar-refractivity contribution in [2.75, 3.05) is 0 Å². The second kappa shape index (κ2) is 8.49. The van der Waals surface area contributed by atoms with Crippen molar-refractivity contribution < 1.29 is 9.18 Å². The maximum absolute atomic E-state index is 14.0. The first-order valence-corrected chi connectivity index (χ1v) is 11.6. The smallest absolute Gasteiger partial charge is 0.249 e. The highest BCUT2D eigenvalue weighted by molar-refractivity contribution is 9.10. The molecule has 0 bridgehead atoms. The number of nitrogens with two attached hydrogens (primary N) is 1. The van der Waals surface area contributed by atoms with Gasteiger partial charge in [0.2, 0.25) is 5.91 Å². The summed E-state index contributed by atoms with van der Waals surface area (Å²) in [6.45, 7) is 0.387. The Bertz CT molecular complexity index is 1580. The van der Waals surface area contributed by atoms with Gasteiger partial charge in [0.15, 0.2) is 0 Å². The molecule has 164 valence electrons. The molecule has 0 fully saturated rings. The number of hydrogen-bond donors (Lipinski definition) is 1. The number of aromatic nitrogens is 1. The fourth-order valence-electron chi connectivity index (χ4n) is 4.25. The van der Waals surface area contributed by atoms with Gasteiger partial charge in [-0.15, -0.1) is 0 Å². The first kappa shape index (κ1) is 22.0. The maximum atomic E-state index is 14.0. The van der Waals surface area contributed by atoms with E-state index in [1.165, 1.54) is 12.1 Å². The molecule has 1 amide bonds. The van der Waals surface area contributed by atoms with Crippen LogP contribution in [0.1, 0.15) is 15.9 Å². The molecule has 0 unspecified atom stereocenters. The highest BCUT2D eigenvalue weighted by atomic mass is 79.9. The monoisotopic (exact) mass is 540 g/mol. The number of halogens is 4. The summed E-state index contributed by atoms with van der Waals surface area (Å²) in [5.41, 5.74) is 10.3. The first-order chi connectivity index (χ1) is 15.8. The van der Waals surface area contributed by atoms with Crippen molar-refractivity contribution in [3.05, 3.63) is 104 Å². The second-order valence-electron chi connectivity index (χ2n) is 7.74. The normalized spacial score (nSPS) is 11.4. The number of amides is 1. The van der Waals surface area contributed by atoms with Gasteiger partial charge in [0.1, 0.15) is 5.82 Å². The van der Waals surface area contributed by atoms with Crippen LogP contribution in [0, 0.1) is 5.82 Å². The third-order valence-electron chi connectivity index (χ3n) is 5.73. The number of rotatable bonds is 4. The summed E-state index contributed by atoms with van der Waals surface area (Å²) in [6.07, 6.45) is 0. The Morgan fingerprint density at radius 3 is 2.55 bits per heavy atom. The van der Waals surface area contributed by atoms with Crippen LogP contribution >= 0.6 is 39.1 Å². The molecule has 2 N–H and O–H groups in total. The van der Waals surface area contributed by atoms with Crippen LogP contribution in [0.2, 0.25) is 10.0 Å². The van der Waals surface area contributed by atoms with Crippen molar-refractivity contribution in [3.8, 4) is 11.1 Å². The van der Waals surface area contributed by atoms with Crippen LogP contribution < -0.4 is 5.73 Å². The second-order valence-corrected chi connectivity index (χ2v) is 9.44. The predicted octanol–water partition coefficient (Wildman–Crippen LogP) is 7.82. The Morgan fingerprint density at radius 1 is 0.970 bits per heavy atom. The molecule has 0 saturated heterocycles. The standard InChI is InChI=1S/C26H16BrCl2FN2O/c27-21-9-6-17(30)10-15(21)13-32-23-3-1-2-20(26(31)33)25(23)19-7-4-14(11-24(19)32)18-8-5-16(28)12-22(18)29/h1-12H,13H2,(H2,31,33). The maximum Gasteiger partial charge on any atom is 0.249 e. The van der Waals surface area contributed by atoms with Crippen molar-refractivity contribution >= 4 is 66.8 Å². The Hall–Kier alpha value is -2.86. The average Bonchev–Trinajstić information content (AvgIpc) is 3.09. The van der Waals surface area contributed by atoms with Gasteiger partial charge >= 0.3 is 0 Å². The summed E-state index contributed by atoms with van der Waals surface area (Å²) < 4.78 is 16.9. The van der Waals surface area contributed by atoms with Crippen LogP contribution in [0.3, 0.4) is 0 Å². The fourth-order valence-corrected chi connectivity index (χ4v) is 5.14. The number of benzene rings is 4. The molecule has 0 spiro atoms. The SMILES string of the molecule is NC(=O)c1cccc2c1c1ccc(-c3ccc(Cl)cc3Cl)cc1n2Cc1cc(F)ccc1Br. The predicted molar refractivity (Wildman–Crippen MR) is 137 cm³/mol. The molecule has 5 aromatic rings. The number of carbonyl (C=O) groups excluding carboxylic acids is 1. The molecular formula is C26H16BrCl2FN2O. The van der Waals surface area contributed by atoms with E-state index in [4.69, 9.17) is 28.9 Å². The zero-order valence-electron chi connectivity index (χ0n) is 17.1. The van der Waals surface area contributed by atoms with E-state index >= 15 is 0 Å². The van der Waals surface area contributed by atoms with Crippen LogP contribution in [0.25, 0.3) is 32.9 Å². The zero-order chi connectivity index (χ0) is 23.3. The van der Waals surface area contributed by atoms with E-state index in [-0.39, 0.29) is 5.82 Å². The minimum atomic E-state index is -0.503. The van der Waals surface area contributed by atoms with Gasteiger partial charge in [-0.05, 0) is 59.7 Å². The van der Waals surface area contributed by atoms with Gasteiger partial charge in [-0.1, -0.05) is 63.4 Å². The Morgan fingerprint density at radius 2 is 1.79 bits per heavy atom. The van der Waals surface area contributed by atoms with Crippen molar-refractivity contribution in [2.45, 2.75) is 6.54 Å². The van der Waals surface area contributed by atoms with Gasteiger partial charge in [0.05, 0.1) is 11.0 Å². The third-order valence-corrected chi connectivity index (χ3v) is 7.06. The largest absolute Gasteiger partial charge is 0.366 e. The molecule has 0 atom stereocenters. The topological polar surface area (TPSA) is 48.0 Å². The molecule has 0 aliphatic carbocycles. The Kier molecular flexibility index (Phi) is 5.65. The number of fused-ring (bicyclic) bond motifs is 3. The fraction of sp³-hybridized carbons (Fsp3) is 0.0385. The van der Waals surface area contributed by atoms with Crippen LogP contribution in [-0.2, 0) is 6.54 Å². The summed E-state index contributed by atoms with van der Waals surface area (Å²) in [5, 5.41) is 2.73. The molecule has 0 aliphatic heterocycles. The molecule has 7 heteroatoms. The highest BCUT2D eigenvalue weighted by Crippen LogP contribution is 2.37. The minimum Gasteiger partial charge on any atom is -0.366 e. The number of nitrogens with zero attached hydrogens (tertiary/aromatic N) is 1. The summed E-state index contributed by atoms with van der Waals surface area (Å²) in [4.78, 5) is 12.2. The molecule has 1 heterocycles. The summed E-state index contributed by atoms with van der Waals surface area (Å²) in [6, 6.07) is 21.3. The van der Waals surface area contributed by atoms with Gasteiger partial charge in [-0.3, -0.25) is 4.79 Å². The zero-order valence-corrected chi connectivity index (χ0v) is 20.2. The first-order valence-electron chi connectivity index (χ1n) is 10.1. The molecule has 0 aliphatic rings. The van der Waals surface area contributed by atoms with Gasteiger partial charge in [-0.2, -0.15) is 0 Å². The minimum absolute atomic E-state index is 0.319. The quantitative estimate of drug-likeness (QED) is 0.248. The lowest BCUT2D eigenvalue weighted by Gasteiger charge is -2.11. The molecule has 0 saturated carbocycles. The Labute approximate surface area is 207 Å². The van der Waals surface area contributed by atoms with Crippen LogP contribution in [0.15, 0.2) is 77.3 Å². The molecule has 3 nitrogen and oxygen atoms in total. The molecule has 5 rings (SSSR count). The van der Waals surface area contributed by atoms with E-state index in [1.54, 1.807) is 30.3 Å². The van der Waals surface area contributed by atoms with Crippen LogP contribution in [-0.4, -0.2) is 10.5 Å². The van der Waals surface area contributed by atoms with E-state index in [0.29, 0.717) is 22.2 Å². The number of primary amides is 1. The molecule has 33 heavy (non-hydrogen) atoms. The van der Waals surface area contributed by atoms with E-state index in [1.807, 2.05) is 30.3 Å². The van der Waals surface area contributed by atoms with Gasteiger partial charge in [0.25, 0.3) is 0 Å². The average molecular weight is 542 g/mol. The van der Waals surface area contributed by atoms with E-state index in [0.717, 1.165) is 43.0 Å². The summed E-state index contributed by atoms with van der Waals surface area (Å²) in [5.74, 6) is -0.822. The van der Waals surface area contributed by atoms with Crippen LogP contribution in [0.4, 0.5) is 4.39 Å². The third kappa shape index (κ3) is 3.90. The van der Waals surface area contributed by atoms with Crippen molar-refractivity contribution in [1.82, 2.24) is 4.57 Å². The lowest BCUT2D eigenvalue weighted by Crippen LogP contribution is -2.11. The highest BCUT2D eigenvalue weighted by Gasteiger charge is 2.18. The van der Waals surface area contributed by atoms with Crippen LogP contribution in [0.5, 0.6) is 0 Å². The lowest BCUT2D eigenvalue weighted by atomic mass is 10.0. The van der Waals surface area contributed by atoms with E-state index in [2.05, 4.69) is 20.5 Å². The molecule has 0 radical (unpaired) electrons. The Balaban J connectivity index is 1.82. The van der Waals surface area contributed by atoms with Crippen molar-refractivity contribution in [2.24, 2.45) is 5.73 Å². The van der Waals surface area contributed by atoms with Gasteiger partial charge < -0.3 is 10.3 Å². The van der Waals surface area contributed by atoms with E-state index < -0.39 is 5.91 Å². The van der Waals surface area contributed by atoms with Crippen molar-refractivity contribution in [3.63, 3.8) is 0 Å². The molecule has 1 aromatic heterocycles. The number of hydrogen-bond acceptors (Lipinski definition) is 1. The van der Waals surface area contributed by atoms with Crippen molar-refractivity contribution in [1.29, 1.82) is 0 Å². The number of carbonyl (C=O) groups is 1. The molecule has 4 aromatic carbocycles. The van der Waals surface area contributed by atoms with E-state index in [9.17, 15) is 9.18 Å². The van der Waals surface area contributed by atoms with Gasteiger partial charge in [0, 0.05) is 43.0 Å². The lowest BCUT2D eigenvalue weighted by molar-refractivity contribution is 0.100.